The smallest absolute Gasteiger partial charge is 0.272 e. The van der Waals surface area contributed by atoms with Crippen LogP contribution in [0.15, 0.2) is 46.6 Å². The van der Waals surface area contributed by atoms with Gasteiger partial charge in [-0.3, -0.25) is 14.2 Å². The van der Waals surface area contributed by atoms with Gasteiger partial charge < -0.3 is 10.3 Å². The van der Waals surface area contributed by atoms with E-state index in [-0.39, 0.29) is 11.5 Å². The first-order chi connectivity index (χ1) is 11.6. The summed E-state index contributed by atoms with van der Waals surface area (Å²) in [4.78, 5) is 27.4. The topological polar surface area (TPSA) is 66.9 Å². The molecular weight excluding hydrogens is 342 g/mol. The van der Waals surface area contributed by atoms with Crippen LogP contribution in [0, 0.1) is 4.77 Å². The van der Waals surface area contributed by atoms with Gasteiger partial charge in [-0.05, 0) is 35.6 Å². The fraction of sp³-hybridized carbons (Fsp3) is 0.235. The molecule has 7 heteroatoms. The van der Waals surface area contributed by atoms with Crippen LogP contribution in [0.25, 0.3) is 10.2 Å². The number of rotatable bonds is 6. The van der Waals surface area contributed by atoms with Crippen molar-refractivity contribution in [1.82, 2.24) is 14.9 Å². The number of aromatic nitrogens is 2. The van der Waals surface area contributed by atoms with Crippen LogP contribution < -0.4 is 10.9 Å². The van der Waals surface area contributed by atoms with Gasteiger partial charge in [0.1, 0.15) is 4.70 Å². The van der Waals surface area contributed by atoms with E-state index >= 15 is 0 Å². The highest BCUT2D eigenvalue weighted by atomic mass is 32.1. The average Bonchev–Trinajstić information content (AvgIpc) is 3.05. The zero-order chi connectivity index (χ0) is 16.9. The van der Waals surface area contributed by atoms with Gasteiger partial charge in [0.2, 0.25) is 5.91 Å². The number of benzene rings is 1. The lowest BCUT2D eigenvalue weighted by Crippen LogP contribution is -2.25. The molecule has 3 rings (SSSR count). The van der Waals surface area contributed by atoms with E-state index in [0.29, 0.717) is 35.4 Å². The van der Waals surface area contributed by atoms with Crippen molar-refractivity contribution in [3.05, 3.63) is 62.5 Å². The number of hydrogen-bond donors (Lipinski definition) is 2. The summed E-state index contributed by atoms with van der Waals surface area (Å²) in [6.07, 6.45) is 0.922. The molecule has 0 atom stereocenters. The van der Waals surface area contributed by atoms with E-state index in [2.05, 4.69) is 10.3 Å². The predicted octanol–water partition coefficient (Wildman–Crippen LogP) is 3.22. The number of fused-ring (bicyclic) bond motifs is 1. The van der Waals surface area contributed by atoms with Gasteiger partial charge in [-0.2, -0.15) is 0 Å². The Bertz CT molecular complexity index is 957. The van der Waals surface area contributed by atoms with Crippen molar-refractivity contribution in [2.75, 3.05) is 0 Å². The molecule has 0 saturated carbocycles. The van der Waals surface area contributed by atoms with Crippen molar-refractivity contribution in [3.8, 4) is 0 Å². The Hall–Kier alpha value is -2.25. The van der Waals surface area contributed by atoms with Crippen molar-refractivity contribution in [2.24, 2.45) is 0 Å². The molecule has 2 heterocycles. The third-order valence-electron chi connectivity index (χ3n) is 3.71. The molecular formula is C17H17N3O2S2. The van der Waals surface area contributed by atoms with Gasteiger partial charge >= 0.3 is 0 Å². The van der Waals surface area contributed by atoms with Crippen LogP contribution in [0.2, 0.25) is 0 Å². The third-order valence-corrected chi connectivity index (χ3v) is 4.93. The zero-order valence-corrected chi connectivity index (χ0v) is 14.6. The van der Waals surface area contributed by atoms with Crippen LogP contribution >= 0.6 is 23.6 Å². The summed E-state index contributed by atoms with van der Waals surface area (Å²) in [7, 11) is 0. The maximum absolute atomic E-state index is 12.4. The zero-order valence-electron chi connectivity index (χ0n) is 13.0. The van der Waals surface area contributed by atoms with E-state index in [1.54, 1.807) is 0 Å². The Balaban J connectivity index is 1.56. The molecule has 0 bridgehead atoms. The van der Waals surface area contributed by atoms with E-state index in [0.717, 1.165) is 11.1 Å². The minimum atomic E-state index is -0.0894. The van der Waals surface area contributed by atoms with Crippen molar-refractivity contribution >= 4 is 39.7 Å². The van der Waals surface area contributed by atoms with Gasteiger partial charge in [-0.15, -0.1) is 11.3 Å². The molecule has 0 fully saturated rings. The van der Waals surface area contributed by atoms with E-state index in [4.69, 9.17) is 12.2 Å². The molecule has 124 valence electrons. The lowest BCUT2D eigenvalue weighted by atomic mass is 10.2. The second-order valence-electron chi connectivity index (χ2n) is 5.42. The maximum Gasteiger partial charge on any atom is 0.272 e. The molecule has 5 nitrogen and oxygen atoms in total. The Morgan fingerprint density at radius 1 is 1.25 bits per heavy atom. The Morgan fingerprint density at radius 3 is 2.83 bits per heavy atom. The van der Waals surface area contributed by atoms with E-state index in [1.807, 2.05) is 41.8 Å². The lowest BCUT2D eigenvalue weighted by molar-refractivity contribution is -0.121. The Labute approximate surface area is 148 Å². The van der Waals surface area contributed by atoms with Crippen LogP contribution in [-0.4, -0.2) is 15.5 Å². The van der Waals surface area contributed by atoms with Gasteiger partial charge in [0.15, 0.2) is 4.77 Å². The van der Waals surface area contributed by atoms with E-state index < -0.39 is 0 Å². The summed E-state index contributed by atoms with van der Waals surface area (Å²) in [5.74, 6) is -0.0287. The normalized spacial score (nSPS) is 10.8. The summed E-state index contributed by atoms with van der Waals surface area (Å²) < 4.78 is 2.59. The number of carbonyl (C=O) groups excluding carboxylic acids is 1. The molecule has 0 radical (unpaired) electrons. The number of carbonyl (C=O) groups is 1. The highest BCUT2D eigenvalue weighted by Crippen LogP contribution is 2.14. The number of H-pyrrole nitrogens is 1. The van der Waals surface area contributed by atoms with Crippen molar-refractivity contribution in [3.63, 3.8) is 0 Å². The highest BCUT2D eigenvalue weighted by Gasteiger charge is 2.08. The quantitative estimate of drug-likeness (QED) is 0.664. The minimum absolute atomic E-state index is 0.0287. The first-order valence-corrected chi connectivity index (χ1v) is 8.95. The first-order valence-electron chi connectivity index (χ1n) is 7.66. The Morgan fingerprint density at radius 2 is 2.04 bits per heavy atom. The Kier molecular flexibility index (Phi) is 5.22. The van der Waals surface area contributed by atoms with Crippen molar-refractivity contribution < 1.29 is 4.79 Å². The first kappa shape index (κ1) is 16.6. The number of hydrogen-bond acceptors (Lipinski definition) is 4. The van der Waals surface area contributed by atoms with Crippen LogP contribution in [0.4, 0.5) is 0 Å². The molecule has 24 heavy (non-hydrogen) atoms. The van der Waals surface area contributed by atoms with Gasteiger partial charge in [0.05, 0.1) is 5.52 Å². The summed E-state index contributed by atoms with van der Waals surface area (Å²) in [6.45, 7) is 0.946. The molecule has 1 aromatic carbocycles. The van der Waals surface area contributed by atoms with E-state index in [1.165, 1.54) is 15.9 Å². The summed E-state index contributed by atoms with van der Waals surface area (Å²) in [5, 5.41) is 4.74. The van der Waals surface area contributed by atoms with Crippen LogP contribution in [0.3, 0.4) is 0 Å². The summed E-state index contributed by atoms with van der Waals surface area (Å²) >= 11 is 6.63. The lowest BCUT2D eigenvalue weighted by Gasteiger charge is -2.07. The van der Waals surface area contributed by atoms with Crippen LogP contribution in [0.1, 0.15) is 18.4 Å². The second-order valence-corrected chi connectivity index (χ2v) is 6.72. The molecule has 0 aliphatic rings. The SMILES string of the molecule is O=C(CCCn1c(=S)[nH]c2ccsc2c1=O)NCc1ccccc1. The molecule has 0 aliphatic heterocycles. The molecule has 3 aromatic rings. The number of amides is 1. The van der Waals surface area contributed by atoms with Gasteiger partial charge in [-0.1, -0.05) is 30.3 Å². The number of aromatic amines is 1. The highest BCUT2D eigenvalue weighted by molar-refractivity contribution is 7.71. The molecule has 0 unspecified atom stereocenters. The van der Waals surface area contributed by atoms with Gasteiger partial charge in [0.25, 0.3) is 5.56 Å². The van der Waals surface area contributed by atoms with Crippen LogP contribution in [-0.2, 0) is 17.9 Å². The van der Waals surface area contributed by atoms with E-state index in [9.17, 15) is 9.59 Å². The van der Waals surface area contributed by atoms with Crippen molar-refractivity contribution in [2.45, 2.75) is 25.9 Å². The largest absolute Gasteiger partial charge is 0.352 e. The fourth-order valence-corrected chi connectivity index (χ4v) is 3.54. The summed E-state index contributed by atoms with van der Waals surface area (Å²) in [5.41, 5.74) is 1.74. The molecule has 2 aromatic heterocycles. The molecule has 0 aliphatic carbocycles. The molecule has 1 amide bonds. The van der Waals surface area contributed by atoms with Gasteiger partial charge in [0, 0.05) is 19.5 Å². The number of nitrogens with zero attached hydrogens (tertiary/aromatic N) is 1. The fourth-order valence-electron chi connectivity index (χ4n) is 2.46. The average molecular weight is 359 g/mol. The number of nitrogens with one attached hydrogen (secondary N) is 2. The van der Waals surface area contributed by atoms with Crippen LogP contribution in [0.5, 0.6) is 0 Å². The monoisotopic (exact) mass is 359 g/mol. The van der Waals surface area contributed by atoms with Gasteiger partial charge in [-0.25, -0.2) is 0 Å². The standard InChI is InChI=1S/C17H17N3O2S2/c21-14(18-11-12-5-2-1-3-6-12)7-4-9-20-16(22)15-13(8-10-24-15)19-17(20)23/h1-3,5-6,8,10H,4,7,9,11H2,(H,18,21)(H,19,23). The van der Waals surface area contributed by atoms with Crippen molar-refractivity contribution in [1.29, 1.82) is 0 Å². The minimum Gasteiger partial charge on any atom is -0.352 e. The third kappa shape index (κ3) is 3.80. The molecule has 2 N–H and O–H groups in total. The second kappa shape index (κ2) is 7.55. The molecule has 0 saturated heterocycles. The predicted molar refractivity (Wildman–Crippen MR) is 98.8 cm³/mol. The molecule has 0 spiro atoms. The maximum atomic E-state index is 12.4. The number of thiophene rings is 1. The summed E-state index contributed by atoms with van der Waals surface area (Å²) in [6, 6.07) is 11.6.